The first-order valence-electron chi connectivity index (χ1n) is 4.44. The van der Waals surface area contributed by atoms with E-state index in [-0.39, 0.29) is 18.0 Å². The van der Waals surface area contributed by atoms with Crippen LogP contribution in [0.5, 0.6) is 0 Å². The first-order valence-corrected chi connectivity index (χ1v) is 4.44. The van der Waals surface area contributed by atoms with Gasteiger partial charge in [-0.2, -0.15) is 0 Å². The average molecular weight is 190 g/mol. The molecule has 1 unspecified atom stereocenters. The van der Waals surface area contributed by atoms with Gasteiger partial charge in [0.05, 0.1) is 12.2 Å². The van der Waals surface area contributed by atoms with Gasteiger partial charge in [0.1, 0.15) is 0 Å². The Bertz CT molecular complexity index is 162. The van der Waals surface area contributed by atoms with E-state index in [1.807, 2.05) is 0 Å². The number of hydrogen-bond donors (Lipinski definition) is 1. The number of rotatable bonds is 0. The zero-order valence-electron chi connectivity index (χ0n) is 7.21. The van der Waals surface area contributed by atoms with E-state index in [1.165, 1.54) is 12.8 Å². The molecule has 2 aliphatic heterocycles. The number of nitrogens with one attached hydrogen (secondary N) is 1. The molecule has 0 aromatic carbocycles. The third-order valence-corrected chi connectivity index (χ3v) is 2.57. The summed E-state index contributed by atoms with van der Waals surface area (Å²) < 4.78 is 5.71. The van der Waals surface area contributed by atoms with Crippen LogP contribution in [0.2, 0.25) is 0 Å². The van der Waals surface area contributed by atoms with Gasteiger partial charge < -0.3 is 10.1 Å². The second-order valence-corrected chi connectivity index (χ2v) is 3.38. The molecule has 2 nitrogen and oxygen atoms in total. The van der Waals surface area contributed by atoms with Gasteiger partial charge in [-0.05, 0) is 32.4 Å². The summed E-state index contributed by atoms with van der Waals surface area (Å²) in [7, 11) is 0. The first kappa shape index (κ1) is 10.0. The summed E-state index contributed by atoms with van der Waals surface area (Å²) in [5, 5.41) is 3.38. The van der Waals surface area contributed by atoms with E-state index in [2.05, 4.69) is 17.5 Å². The molecule has 0 amide bonds. The lowest BCUT2D eigenvalue weighted by atomic mass is 9.95. The molecule has 0 saturated carbocycles. The highest BCUT2D eigenvalue weighted by atomic mass is 35.5. The van der Waals surface area contributed by atoms with E-state index in [0.717, 1.165) is 26.1 Å². The van der Waals surface area contributed by atoms with E-state index in [4.69, 9.17) is 4.74 Å². The monoisotopic (exact) mass is 189 g/mol. The molecule has 0 bridgehead atoms. The molecule has 1 fully saturated rings. The minimum absolute atomic E-state index is 0. The second-order valence-electron chi connectivity index (χ2n) is 3.38. The summed E-state index contributed by atoms with van der Waals surface area (Å²) in [5.41, 5.74) is 0.115. The lowest BCUT2D eigenvalue weighted by Crippen LogP contribution is -2.28. The largest absolute Gasteiger partial charge is 0.367 e. The van der Waals surface area contributed by atoms with Crippen molar-refractivity contribution in [3.05, 3.63) is 12.2 Å². The summed E-state index contributed by atoms with van der Waals surface area (Å²) in [5.74, 6) is 0. The van der Waals surface area contributed by atoms with Crippen molar-refractivity contribution in [3.63, 3.8) is 0 Å². The van der Waals surface area contributed by atoms with Crippen LogP contribution in [-0.4, -0.2) is 25.3 Å². The maximum Gasteiger partial charge on any atom is 0.0880 e. The van der Waals surface area contributed by atoms with Gasteiger partial charge in [-0.3, -0.25) is 0 Å². The van der Waals surface area contributed by atoms with Gasteiger partial charge in [0.2, 0.25) is 0 Å². The molecule has 70 valence electrons. The van der Waals surface area contributed by atoms with Gasteiger partial charge in [-0.15, -0.1) is 12.4 Å². The zero-order chi connectivity index (χ0) is 7.57. The Morgan fingerprint density at radius 1 is 1.25 bits per heavy atom. The molecule has 2 rings (SSSR count). The topological polar surface area (TPSA) is 21.3 Å². The van der Waals surface area contributed by atoms with Gasteiger partial charge in [0.15, 0.2) is 0 Å². The van der Waals surface area contributed by atoms with Crippen molar-refractivity contribution >= 4 is 12.4 Å². The molecule has 2 aliphatic rings. The van der Waals surface area contributed by atoms with E-state index >= 15 is 0 Å². The highest BCUT2D eigenvalue weighted by Gasteiger charge is 2.30. The van der Waals surface area contributed by atoms with Crippen LogP contribution in [0.15, 0.2) is 12.2 Å². The van der Waals surface area contributed by atoms with Gasteiger partial charge in [-0.1, -0.05) is 12.2 Å². The van der Waals surface area contributed by atoms with Crippen LogP contribution in [0.4, 0.5) is 0 Å². The van der Waals surface area contributed by atoms with Crippen molar-refractivity contribution in [1.82, 2.24) is 5.32 Å². The van der Waals surface area contributed by atoms with Crippen LogP contribution in [0, 0.1) is 0 Å². The van der Waals surface area contributed by atoms with Gasteiger partial charge in [-0.25, -0.2) is 0 Å². The van der Waals surface area contributed by atoms with Crippen molar-refractivity contribution in [2.45, 2.75) is 24.9 Å². The predicted molar refractivity (Wildman–Crippen MR) is 51.8 cm³/mol. The van der Waals surface area contributed by atoms with Crippen molar-refractivity contribution in [1.29, 1.82) is 0 Å². The predicted octanol–water partition coefficient (Wildman–Crippen LogP) is 1.51. The van der Waals surface area contributed by atoms with E-state index < -0.39 is 0 Å². The molecule has 1 N–H and O–H groups in total. The summed E-state index contributed by atoms with van der Waals surface area (Å²) in [6.07, 6.45) is 7.97. The molecule has 3 heteroatoms. The van der Waals surface area contributed by atoms with Crippen molar-refractivity contribution in [2.24, 2.45) is 0 Å². The molecule has 2 heterocycles. The van der Waals surface area contributed by atoms with Crippen molar-refractivity contribution < 1.29 is 4.74 Å². The smallest absolute Gasteiger partial charge is 0.0880 e. The quantitative estimate of drug-likeness (QED) is 0.584. The molecule has 0 radical (unpaired) electrons. The fraction of sp³-hybridized carbons (Fsp3) is 0.778. The molecule has 1 spiro atoms. The lowest BCUT2D eigenvalue weighted by molar-refractivity contribution is 0.0167. The molecule has 0 aliphatic carbocycles. The molecule has 1 atom stereocenters. The fourth-order valence-electron chi connectivity index (χ4n) is 1.90. The summed E-state index contributed by atoms with van der Waals surface area (Å²) >= 11 is 0. The summed E-state index contributed by atoms with van der Waals surface area (Å²) in [6.45, 7) is 3.07. The first-order chi connectivity index (χ1) is 5.41. The highest BCUT2D eigenvalue weighted by molar-refractivity contribution is 5.85. The zero-order valence-corrected chi connectivity index (χ0v) is 8.03. The van der Waals surface area contributed by atoms with E-state index in [1.54, 1.807) is 0 Å². The van der Waals surface area contributed by atoms with Crippen LogP contribution in [-0.2, 0) is 4.74 Å². The minimum atomic E-state index is 0. The Balaban J connectivity index is 0.000000720. The van der Waals surface area contributed by atoms with Crippen LogP contribution >= 0.6 is 12.4 Å². The molecule has 12 heavy (non-hydrogen) atoms. The van der Waals surface area contributed by atoms with Gasteiger partial charge >= 0.3 is 0 Å². The Morgan fingerprint density at radius 2 is 2.17 bits per heavy atom. The minimum Gasteiger partial charge on any atom is -0.367 e. The molecule has 0 aromatic heterocycles. The standard InChI is InChI=1S/C9H15NO.ClH/c1-3-9(4-2-8-11-9)5-7-10-6-1;/h2,4,10H,1,3,5-8H2;1H. The summed E-state index contributed by atoms with van der Waals surface area (Å²) in [4.78, 5) is 0. The van der Waals surface area contributed by atoms with Crippen LogP contribution in [0.1, 0.15) is 19.3 Å². The highest BCUT2D eigenvalue weighted by Crippen LogP contribution is 2.29. The van der Waals surface area contributed by atoms with Crippen molar-refractivity contribution in [2.75, 3.05) is 19.7 Å². The van der Waals surface area contributed by atoms with Gasteiger partial charge in [0.25, 0.3) is 0 Å². The molecule has 1 saturated heterocycles. The third-order valence-electron chi connectivity index (χ3n) is 2.57. The van der Waals surface area contributed by atoms with Gasteiger partial charge in [0, 0.05) is 0 Å². The Morgan fingerprint density at radius 3 is 2.92 bits per heavy atom. The van der Waals surface area contributed by atoms with E-state index in [0.29, 0.717) is 0 Å². The Labute approximate surface area is 79.8 Å². The fourth-order valence-corrected chi connectivity index (χ4v) is 1.90. The average Bonchev–Trinajstić information content (AvgIpc) is 2.32. The number of halogens is 1. The van der Waals surface area contributed by atoms with E-state index in [9.17, 15) is 0 Å². The Kier molecular flexibility index (Phi) is 3.56. The number of ether oxygens (including phenoxy) is 1. The normalized spacial score (nSPS) is 34.7. The molecular formula is C9H16ClNO. The second kappa shape index (κ2) is 4.26. The SMILES string of the molecule is C1=CC2(CCCNCC2)OC1.Cl. The maximum absolute atomic E-state index is 5.71. The molecule has 0 aromatic rings. The Hall–Kier alpha value is -0.0500. The van der Waals surface area contributed by atoms with Crippen LogP contribution < -0.4 is 5.32 Å². The summed E-state index contributed by atoms with van der Waals surface area (Å²) in [6, 6.07) is 0. The maximum atomic E-state index is 5.71. The third kappa shape index (κ3) is 2.00. The molecular weight excluding hydrogens is 174 g/mol. The van der Waals surface area contributed by atoms with Crippen LogP contribution in [0.3, 0.4) is 0 Å². The van der Waals surface area contributed by atoms with Crippen LogP contribution in [0.25, 0.3) is 0 Å². The number of hydrogen-bond acceptors (Lipinski definition) is 2. The van der Waals surface area contributed by atoms with Crippen molar-refractivity contribution in [3.8, 4) is 0 Å². The lowest BCUT2D eigenvalue weighted by Gasteiger charge is -2.24.